The van der Waals surface area contributed by atoms with Gasteiger partial charge in [0.2, 0.25) is 5.91 Å². The maximum Gasteiger partial charge on any atom is 0.311 e. The lowest BCUT2D eigenvalue weighted by Gasteiger charge is -2.29. The quantitative estimate of drug-likeness (QED) is 0.768. The van der Waals surface area contributed by atoms with Gasteiger partial charge in [0.15, 0.2) is 0 Å². The molecule has 134 valence electrons. The molecule has 0 saturated heterocycles. The number of nitrogens with zero attached hydrogens (tertiary/aromatic N) is 1. The van der Waals surface area contributed by atoms with Crippen LogP contribution in [0.25, 0.3) is 0 Å². The predicted octanol–water partition coefficient (Wildman–Crippen LogP) is 2.82. The Morgan fingerprint density at radius 2 is 1.79 bits per heavy atom. The lowest BCUT2D eigenvalue weighted by Crippen LogP contribution is -2.29. The zero-order valence-electron chi connectivity index (χ0n) is 15.3. The molecule has 0 aliphatic carbocycles. The first-order chi connectivity index (χ1) is 10.9. The molecule has 1 atom stereocenters. The van der Waals surface area contributed by atoms with Crippen molar-refractivity contribution in [2.45, 2.75) is 53.9 Å². The Morgan fingerprint density at radius 1 is 1.21 bits per heavy atom. The van der Waals surface area contributed by atoms with Crippen LogP contribution in [0.1, 0.15) is 58.6 Å². The van der Waals surface area contributed by atoms with Crippen molar-refractivity contribution in [1.29, 1.82) is 0 Å². The number of carboxylic acids is 1. The van der Waals surface area contributed by atoms with Crippen molar-refractivity contribution in [3.05, 3.63) is 23.4 Å². The topological polar surface area (TPSA) is 99.5 Å². The molecule has 1 aromatic heterocycles. The van der Waals surface area contributed by atoms with Gasteiger partial charge in [0, 0.05) is 18.2 Å². The largest absolute Gasteiger partial charge is 0.481 e. The Bertz CT molecular complexity index is 612. The molecular formula is C18H28N2O4. The average molecular weight is 336 g/mol. The summed E-state index contributed by atoms with van der Waals surface area (Å²) in [6.45, 7) is 10.8. The molecule has 1 amide bonds. The molecule has 1 rings (SSSR count). The third-order valence-corrected chi connectivity index (χ3v) is 3.75. The molecule has 0 aliphatic heterocycles. The van der Waals surface area contributed by atoms with E-state index in [4.69, 9.17) is 0 Å². The Balaban J connectivity index is 3.29. The molecule has 0 spiro atoms. The summed E-state index contributed by atoms with van der Waals surface area (Å²) in [6.07, 6.45) is 1.80. The molecule has 24 heavy (non-hydrogen) atoms. The third-order valence-electron chi connectivity index (χ3n) is 3.75. The Morgan fingerprint density at radius 3 is 2.21 bits per heavy atom. The van der Waals surface area contributed by atoms with Crippen LogP contribution in [0.15, 0.2) is 12.3 Å². The highest BCUT2D eigenvalue weighted by atomic mass is 16.4. The van der Waals surface area contributed by atoms with Gasteiger partial charge in [-0.15, -0.1) is 0 Å². The highest BCUT2D eigenvalue weighted by Crippen LogP contribution is 2.37. The normalized spacial score (nSPS) is 13.5. The number of amides is 1. The Hall–Kier alpha value is -1.95. The van der Waals surface area contributed by atoms with E-state index in [9.17, 15) is 19.8 Å². The zero-order valence-corrected chi connectivity index (χ0v) is 15.3. The van der Waals surface area contributed by atoms with Gasteiger partial charge in [-0.3, -0.25) is 9.59 Å². The van der Waals surface area contributed by atoms with Crippen LogP contribution in [0.2, 0.25) is 0 Å². The standard InChI is InChI=1S/C18H28N2O4/c1-17(2,3)14(15(22)23)12-10-19-13(9-11(12)7-8-21)20-16(24)18(4,5)6/h9-10,14,21H,7-8H2,1-6H3,(H,22,23)(H,19,20,24). The number of rotatable bonds is 5. The van der Waals surface area contributed by atoms with Gasteiger partial charge < -0.3 is 15.5 Å². The first-order valence-corrected chi connectivity index (χ1v) is 8.02. The number of aliphatic carboxylic acids is 1. The molecule has 0 saturated carbocycles. The molecule has 0 fully saturated rings. The van der Waals surface area contributed by atoms with E-state index in [0.29, 0.717) is 23.4 Å². The number of aromatic nitrogens is 1. The average Bonchev–Trinajstić information content (AvgIpc) is 2.38. The van der Waals surface area contributed by atoms with E-state index in [1.54, 1.807) is 26.8 Å². The summed E-state index contributed by atoms with van der Waals surface area (Å²) in [6, 6.07) is 1.65. The molecule has 1 unspecified atom stereocenters. The third kappa shape index (κ3) is 5.03. The molecular weight excluding hydrogens is 308 g/mol. The highest BCUT2D eigenvalue weighted by molar-refractivity contribution is 5.93. The number of anilines is 1. The van der Waals surface area contributed by atoms with E-state index in [1.807, 2.05) is 20.8 Å². The van der Waals surface area contributed by atoms with Crippen molar-refractivity contribution in [3.63, 3.8) is 0 Å². The van der Waals surface area contributed by atoms with Crippen molar-refractivity contribution in [2.75, 3.05) is 11.9 Å². The first kappa shape index (κ1) is 20.1. The minimum absolute atomic E-state index is 0.111. The van der Waals surface area contributed by atoms with Crippen molar-refractivity contribution in [1.82, 2.24) is 4.98 Å². The van der Waals surface area contributed by atoms with Gasteiger partial charge in [-0.1, -0.05) is 41.5 Å². The van der Waals surface area contributed by atoms with Crippen LogP contribution in [0, 0.1) is 10.8 Å². The smallest absolute Gasteiger partial charge is 0.311 e. The number of pyridine rings is 1. The lowest BCUT2D eigenvalue weighted by atomic mass is 9.75. The van der Waals surface area contributed by atoms with E-state index >= 15 is 0 Å². The molecule has 0 bridgehead atoms. The fourth-order valence-electron chi connectivity index (χ4n) is 2.45. The first-order valence-electron chi connectivity index (χ1n) is 8.02. The fraction of sp³-hybridized carbons (Fsp3) is 0.611. The van der Waals surface area contributed by atoms with Crippen LogP contribution in [0.4, 0.5) is 5.82 Å². The predicted molar refractivity (Wildman–Crippen MR) is 92.9 cm³/mol. The van der Waals surface area contributed by atoms with Gasteiger partial charge >= 0.3 is 5.97 Å². The van der Waals surface area contributed by atoms with Crippen molar-refractivity contribution in [2.24, 2.45) is 10.8 Å². The van der Waals surface area contributed by atoms with Crippen LogP contribution < -0.4 is 5.32 Å². The van der Waals surface area contributed by atoms with Crippen molar-refractivity contribution >= 4 is 17.7 Å². The Kier molecular flexibility index (Phi) is 6.11. The second-order valence-corrected chi connectivity index (χ2v) is 8.08. The number of carbonyl (C=O) groups excluding carboxylic acids is 1. The summed E-state index contributed by atoms with van der Waals surface area (Å²) in [4.78, 5) is 28.0. The number of aliphatic hydroxyl groups is 1. The van der Waals surface area contributed by atoms with Crippen LogP contribution in [-0.2, 0) is 16.0 Å². The molecule has 1 aromatic rings. The summed E-state index contributed by atoms with van der Waals surface area (Å²) in [5.74, 6) is -1.50. The molecule has 6 heteroatoms. The van der Waals surface area contributed by atoms with E-state index < -0.39 is 22.7 Å². The van der Waals surface area contributed by atoms with Crippen LogP contribution >= 0.6 is 0 Å². The minimum Gasteiger partial charge on any atom is -0.481 e. The van der Waals surface area contributed by atoms with Crippen LogP contribution in [-0.4, -0.2) is 33.7 Å². The zero-order chi connectivity index (χ0) is 18.7. The highest BCUT2D eigenvalue weighted by Gasteiger charge is 2.34. The minimum atomic E-state index is -0.935. The lowest BCUT2D eigenvalue weighted by molar-refractivity contribution is -0.141. The van der Waals surface area contributed by atoms with Crippen molar-refractivity contribution < 1.29 is 19.8 Å². The number of hydrogen-bond donors (Lipinski definition) is 3. The van der Waals surface area contributed by atoms with Crippen LogP contribution in [0.3, 0.4) is 0 Å². The van der Waals surface area contributed by atoms with Gasteiger partial charge in [-0.25, -0.2) is 4.98 Å². The maximum atomic E-state index is 12.1. The van der Waals surface area contributed by atoms with Crippen LogP contribution in [0.5, 0.6) is 0 Å². The maximum absolute atomic E-state index is 12.1. The van der Waals surface area contributed by atoms with E-state index in [2.05, 4.69) is 10.3 Å². The summed E-state index contributed by atoms with van der Waals surface area (Å²) in [7, 11) is 0. The number of carboxylic acid groups (broad SMARTS) is 1. The molecule has 6 nitrogen and oxygen atoms in total. The Labute approximate surface area is 143 Å². The number of aliphatic hydroxyl groups excluding tert-OH is 1. The van der Waals surface area contributed by atoms with Gasteiger partial charge in [0.25, 0.3) is 0 Å². The number of nitrogens with one attached hydrogen (secondary N) is 1. The van der Waals surface area contributed by atoms with Gasteiger partial charge in [-0.05, 0) is 29.0 Å². The molecule has 0 aromatic carbocycles. The van der Waals surface area contributed by atoms with E-state index in [-0.39, 0.29) is 12.5 Å². The summed E-state index contributed by atoms with van der Waals surface area (Å²) >= 11 is 0. The summed E-state index contributed by atoms with van der Waals surface area (Å²) < 4.78 is 0. The van der Waals surface area contributed by atoms with Crippen molar-refractivity contribution in [3.8, 4) is 0 Å². The second kappa shape index (κ2) is 7.30. The summed E-state index contributed by atoms with van der Waals surface area (Å²) in [5, 5.41) is 21.7. The fourth-order valence-corrected chi connectivity index (χ4v) is 2.45. The summed E-state index contributed by atoms with van der Waals surface area (Å²) in [5.41, 5.74) is 0.178. The number of hydrogen-bond acceptors (Lipinski definition) is 4. The monoisotopic (exact) mass is 336 g/mol. The van der Waals surface area contributed by atoms with Gasteiger partial charge in [-0.2, -0.15) is 0 Å². The van der Waals surface area contributed by atoms with Gasteiger partial charge in [0.05, 0.1) is 5.92 Å². The second-order valence-electron chi connectivity index (χ2n) is 8.08. The van der Waals surface area contributed by atoms with Gasteiger partial charge in [0.1, 0.15) is 5.82 Å². The SMILES string of the molecule is CC(C)(C)C(=O)Nc1cc(CCO)c(C(C(=O)O)C(C)(C)C)cn1. The molecule has 0 aliphatic rings. The number of carbonyl (C=O) groups is 2. The molecule has 3 N–H and O–H groups in total. The molecule has 1 heterocycles. The van der Waals surface area contributed by atoms with E-state index in [0.717, 1.165) is 0 Å². The molecule has 0 radical (unpaired) electrons. The van der Waals surface area contributed by atoms with E-state index in [1.165, 1.54) is 6.20 Å².